The van der Waals surface area contributed by atoms with Crippen LogP contribution in [0.15, 0.2) is 24.3 Å². The van der Waals surface area contributed by atoms with Gasteiger partial charge in [-0.15, -0.1) is 0 Å². The predicted octanol–water partition coefficient (Wildman–Crippen LogP) is 3.17. The van der Waals surface area contributed by atoms with Crippen molar-refractivity contribution in [2.45, 2.75) is 89.3 Å². The molecule has 40 heavy (non-hydrogen) atoms. The number of carbonyl (C=O) groups is 4. The first-order valence-electron chi connectivity index (χ1n) is 14.7. The standard InChI is InChI=1S/C31H44N2O7/c1-20(32-29(36)23-9-6-14-39-18-23)27(34)17-24(15-22-10-12-25(38-3)13-11-22)30(37)33-26(16-21-7-4-5-8-21)28(35)31(2)19-40-31/h10-13,20-21,23-24,26H,4-9,14-19H2,1-3H3,(H,32,36)(H,33,37)/t20-,23+,24-,26+,31-/m1/s1. The Balaban J connectivity index is 1.46. The smallest absolute Gasteiger partial charge is 0.226 e. The molecule has 0 radical (unpaired) electrons. The third-order valence-corrected chi connectivity index (χ3v) is 8.61. The predicted molar refractivity (Wildman–Crippen MR) is 149 cm³/mol. The topological polar surface area (TPSA) is 123 Å². The summed E-state index contributed by atoms with van der Waals surface area (Å²) in [6.45, 7) is 4.79. The maximum absolute atomic E-state index is 13.7. The Morgan fingerprint density at radius 2 is 1.75 bits per heavy atom. The molecule has 1 aromatic rings. The minimum atomic E-state index is -0.848. The van der Waals surface area contributed by atoms with Gasteiger partial charge < -0.3 is 24.8 Å². The maximum Gasteiger partial charge on any atom is 0.226 e. The average Bonchev–Trinajstić information content (AvgIpc) is 3.50. The number of methoxy groups -OCH3 is 1. The average molecular weight is 557 g/mol. The fourth-order valence-electron chi connectivity index (χ4n) is 5.80. The van der Waals surface area contributed by atoms with E-state index in [0.717, 1.165) is 44.1 Å². The van der Waals surface area contributed by atoms with E-state index in [1.165, 1.54) is 0 Å². The lowest BCUT2D eigenvalue weighted by atomic mass is 9.88. The lowest BCUT2D eigenvalue weighted by molar-refractivity contribution is -0.135. The Hall–Kier alpha value is -2.78. The lowest BCUT2D eigenvalue weighted by Crippen LogP contribution is -2.50. The van der Waals surface area contributed by atoms with Gasteiger partial charge in [-0.25, -0.2) is 0 Å². The largest absolute Gasteiger partial charge is 0.497 e. The number of hydrogen-bond donors (Lipinski definition) is 2. The zero-order valence-corrected chi connectivity index (χ0v) is 24.0. The van der Waals surface area contributed by atoms with Crippen LogP contribution in [0.25, 0.3) is 0 Å². The molecule has 2 aliphatic heterocycles. The highest BCUT2D eigenvalue weighted by atomic mass is 16.6. The van der Waals surface area contributed by atoms with E-state index in [2.05, 4.69) is 10.6 Å². The van der Waals surface area contributed by atoms with Crippen molar-refractivity contribution in [3.63, 3.8) is 0 Å². The number of ketones is 2. The molecule has 1 aliphatic carbocycles. The number of hydrogen-bond acceptors (Lipinski definition) is 7. The van der Waals surface area contributed by atoms with Crippen LogP contribution in [-0.2, 0) is 35.1 Å². The molecule has 2 amide bonds. The molecule has 2 saturated heterocycles. The van der Waals surface area contributed by atoms with Crippen molar-refractivity contribution in [2.24, 2.45) is 17.8 Å². The van der Waals surface area contributed by atoms with Crippen molar-refractivity contribution in [1.29, 1.82) is 0 Å². The second-order valence-corrected chi connectivity index (χ2v) is 11.9. The molecule has 9 heteroatoms. The van der Waals surface area contributed by atoms with Gasteiger partial charge in [0.25, 0.3) is 0 Å². The number of ether oxygens (including phenoxy) is 3. The van der Waals surface area contributed by atoms with Crippen molar-refractivity contribution in [2.75, 3.05) is 26.9 Å². The maximum atomic E-state index is 13.7. The number of benzene rings is 1. The van der Waals surface area contributed by atoms with Crippen LogP contribution in [0.4, 0.5) is 0 Å². The van der Waals surface area contributed by atoms with Gasteiger partial charge in [0.1, 0.15) is 11.4 Å². The van der Waals surface area contributed by atoms with Crippen LogP contribution in [0.3, 0.4) is 0 Å². The Morgan fingerprint density at radius 1 is 1.05 bits per heavy atom. The Bertz CT molecular complexity index is 1040. The van der Waals surface area contributed by atoms with Crippen molar-refractivity contribution in [1.82, 2.24) is 10.6 Å². The summed E-state index contributed by atoms with van der Waals surface area (Å²) < 4.78 is 16.1. The van der Waals surface area contributed by atoms with Crippen LogP contribution in [0.5, 0.6) is 5.75 Å². The number of amides is 2. The molecule has 2 N–H and O–H groups in total. The second-order valence-electron chi connectivity index (χ2n) is 11.9. The van der Waals surface area contributed by atoms with E-state index < -0.39 is 23.6 Å². The summed E-state index contributed by atoms with van der Waals surface area (Å²) in [6, 6.07) is 5.99. The molecule has 3 fully saturated rings. The van der Waals surface area contributed by atoms with Gasteiger partial charge in [0, 0.05) is 18.9 Å². The summed E-state index contributed by atoms with van der Waals surface area (Å²) >= 11 is 0. The van der Waals surface area contributed by atoms with Gasteiger partial charge in [-0.3, -0.25) is 19.2 Å². The van der Waals surface area contributed by atoms with E-state index >= 15 is 0 Å². The first kappa shape index (κ1) is 30.2. The molecule has 9 nitrogen and oxygen atoms in total. The Kier molecular flexibility index (Phi) is 10.4. The third kappa shape index (κ3) is 8.13. The molecule has 0 aromatic heterocycles. The summed E-state index contributed by atoms with van der Waals surface area (Å²) in [5.41, 5.74) is 0.0281. The van der Waals surface area contributed by atoms with Crippen molar-refractivity contribution >= 4 is 23.4 Å². The van der Waals surface area contributed by atoms with Crippen LogP contribution in [0.2, 0.25) is 0 Å². The van der Waals surface area contributed by atoms with Crippen molar-refractivity contribution in [3.8, 4) is 5.75 Å². The van der Waals surface area contributed by atoms with Crippen LogP contribution in [0, 0.1) is 17.8 Å². The number of nitrogens with one attached hydrogen (secondary N) is 2. The minimum absolute atomic E-state index is 0.0570. The summed E-state index contributed by atoms with van der Waals surface area (Å²) in [5, 5.41) is 5.84. The molecule has 1 saturated carbocycles. The molecule has 4 rings (SSSR count). The molecule has 5 atom stereocenters. The summed E-state index contributed by atoms with van der Waals surface area (Å²) in [7, 11) is 1.59. The summed E-state index contributed by atoms with van der Waals surface area (Å²) in [4.78, 5) is 53.1. The van der Waals surface area contributed by atoms with E-state index in [9.17, 15) is 19.2 Å². The molecular formula is C31H44N2O7. The molecule has 0 spiro atoms. The highest BCUT2D eigenvalue weighted by Crippen LogP contribution is 2.34. The fraction of sp³-hybridized carbons (Fsp3) is 0.677. The first-order valence-corrected chi connectivity index (χ1v) is 14.7. The van der Waals surface area contributed by atoms with Gasteiger partial charge in [0.05, 0.1) is 38.3 Å². The van der Waals surface area contributed by atoms with Crippen LogP contribution < -0.4 is 15.4 Å². The number of Topliss-reactive ketones (excluding diaryl/α,β-unsaturated/α-hetero) is 2. The van der Waals surface area contributed by atoms with E-state index in [0.29, 0.717) is 44.3 Å². The van der Waals surface area contributed by atoms with Gasteiger partial charge in [-0.2, -0.15) is 0 Å². The first-order chi connectivity index (χ1) is 19.2. The molecular weight excluding hydrogens is 512 g/mol. The number of rotatable bonds is 14. The molecule has 3 aliphatic rings. The molecule has 1 aromatic carbocycles. The zero-order chi connectivity index (χ0) is 28.7. The van der Waals surface area contributed by atoms with Gasteiger partial charge in [-0.1, -0.05) is 37.8 Å². The Morgan fingerprint density at radius 3 is 2.35 bits per heavy atom. The van der Waals surface area contributed by atoms with Gasteiger partial charge in [0.2, 0.25) is 11.8 Å². The molecule has 220 valence electrons. The summed E-state index contributed by atoms with van der Waals surface area (Å²) in [6.07, 6.45) is 6.76. The minimum Gasteiger partial charge on any atom is -0.497 e. The van der Waals surface area contributed by atoms with Gasteiger partial charge >= 0.3 is 0 Å². The number of carbonyl (C=O) groups excluding carboxylic acids is 4. The van der Waals surface area contributed by atoms with E-state index in [1.54, 1.807) is 21.0 Å². The van der Waals surface area contributed by atoms with E-state index in [4.69, 9.17) is 14.2 Å². The van der Waals surface area contributed by atoms with Crippen molar-refractivity contribution in [3.05, 3.63) is 29.8 Å². The molecule has 0 bridgehead atoms. The summed E-state index contributed by atoms with van der Waals surface area (Å²) in [5.74, 6) is -0.741. The number of epoxide rings is 1. The van der Waals surface area contributed by atoms with Crippen LogP contribution in [-0.4, -0.2) is 68.0 Å². The molecule has 2 heterocycles. The zero-order valence-electron chi connectivity index (χ0n) is 24.0. The monoisotopic (exact) mass is 556 g/mol. The van der Waals surface area contributed by atoms with Gasteiger partial charge in [0.15, 0.2) is 11.6 Å². The van der Waals surface area contributed by atoms with Crippen LogP contribution >= 0.6 is 0 Å². The van der Waals surface area contributed by atoms with Crippen LogP contribution in [0.1, 0.15) is 70.8 Å². The highest BCUT2D eigenvalue weighted by molar-refractivity contribution is 5.98. The highest BCUT2D eigenvalue weighted by Gasteiger charge is 2.50. The Labute approximate surface area is 237 Å². The van der Waals surface area contributed by atoms with E-state index in [-0.39, 0.29) is 35.7 Å². The van der Waals surface area contributed by atoms with Crippen molar-refractivity contribution < 1.29 is 33.4 Å². The normalized spacial score (nSPS) is 24.9. The van der Waals surface area contributed by atoms with E-state index in [1.807, 2.05) is 24.3 Å². The van der Waals surface area contributed by atoms with Gasteiger partial charge in [-0.05, 0) is 63.1 Å². The molecule has 0 unspecified atom stereocenters. The fourth-order valence-corrected chi connectivity index (χ4v) is 5.80. The quantitative estimate of drug-likeness (QED) is 0.338. The lowest BCUT2D eigenvalue weighted by Gasteiger charge is -2.26. The second kappa shape index (κ2) is 13.7. The third-order valence-electron chi connectivity index (χ3n) is 8.61. The SMILES string of the molecule is COc1ccc(C[C@H](CC(=O)[C@@H](C)NC(=O)[C@H]2CCCOC2)C(=O)N[C@@H](CC2CCCC2)C(=O)[C@@]2(C)CO2)cc1.